The fraction of sp³-hybridized carbons (Fsp3) is 0.200. The fourth-order valence-corrected chi connectivity index (χ4v) is 1.69. The van der Waals surface area contributed by atoms with Gasteiger partial charge < -0.3 is 9.15 Å². The molecule has 0 N–H and O–H groups in total. The Balaban J connectivity index is 2.46. The zero-order valence-electron chi connectivity index (χ0n) is 6.54. The van der Waals surface area contributed by atoms with Crippen LogP contribution >= 0.6 is 0 Å². The molecule has 2 heterocycles. The van der Waals surface area contributed by atoms with Gasteiger partial charge in [-0.05, 0) is 17.7 Å². The van der Waals surface area contributed by atoms with Crippen LogP contribution in [0.1, 0.15) is 5.56 Å². The van der Waals surface area contributed by atoms with Crippen LogP contribution in [-0.2, 0) is 6.42 Å². The minimum Gasteiger partial charge on any atom is -0.492 e. The van der Waals surface area contributed by atoms with Crippen molar-refractivity contribution in [2.45, 2.75) is 6.42 Å². The van der Waals surface area contributed by atoms with E-state index in [9.17, 15) is 0 Å². The third-order valence-corrected chi connectivity index (χ3v) is 2.29. The van der Waals surface area contributed by atoms with E-state index in [0.717, 1.165) is 29.7 Å². The molecule has 0 unspecified atom stereocenters. The minimum absolute atomic E-state index is 0.805. The van der Waals surface area contributed by atoms with Crippen LogP contribution in [0.2, 0.25) is 0 Å². The molecule has 12 heavy (non-hydrogen) atoms. The lowest BCUT2D eigenvalue weighted by molar-refractivity contribution is 0.360. The molecule has 0 bridgehead atoms. The van der Waals surface area contributed by atoms with Gasteiger partial charge in [-0.15, -0.1) is 0 Å². The van der Waals surface area contributed by atoms with Gasteiger partial charge in [0.1, 0.15) is 11.3 Å². The van der Waals surface area contributed by atoms with Crippen LogP contribution < -0.4 is 4.74 Å². The van der Waals surface area contributed by atoms with Crippen LogP contribution in [0.15, 0.2) is 28.9 Å². The molecular formula is C10H8O2. The van der Waals surface area contributed by atoms with Gasteiger partial charge in [0.15, 0.2) is 0 Å². The molecular weight excluding hydrogens is 152 g/mol. The van der Waals surface area contributed by atoms with Gasteiger partial charge in [0.05, 0.1) is 18.3 Å². The zero-order chi connectivity index (χ0) is 7.97. The lowest BCUT2D eigenvalue weighted by atomic mass is 10.1. The quantitative estimate of drug-likeness (QED) is 0.590. The second-order valence-corrected chi connectivity index (χ2v) is 2.98. The lowest BCUT2D eigenvalue weighted by Gasteiger charge is -1.98. The predicted molar refractivity (Wildman–Crippen MR) is 45.4 cm³/mol. The maximum atomic E-state index is 5.51. The van der Waals surface area contributed by atoms with Crippen molar-refractivity contribution >= 4 is 11.0 Å². The van der Waals surface area contributed by atoms with Crippen molar-refractivity contribution in [3.8, 4) is 5.75 Å². The number of benzene rings is 1. The number of hydrogen-bond donors (Lipinski definition) is 0. The SMILES string of the molecule is c1cc2c3c(ccc2o1)CCO3. The van der Waals surface area contributed by atoms with E-state index in [1.807, 2.05) is 12.1 Å². The molecule has 0 amide bonds. The van der Waals surface area contributed by atoms with E-state index >= 15 is 0 Å². The largest absolute Gasteiger partial charge is 0.492 e. The molecule has 3 rings (SSSR count). The molecule has 0 saturated carbocycles. The fourth-order valence-electron chi connectivity index (χ4n) is 1.69. The molecule has 60 valence electrons. The standard InChI is InChI=1S/C10H8O2/c1-2-9-8(4-6-11-9)10-7(1)3-5-12-10/h1-2,4,6H,3,5H2. The Morgan fingerprint density at radius 2 is 2.17 bits per heavy atom. The smallest absolute Gasteiger partial charge is 0.137 e. The minimum atomic E-state index is 0.805. The predicted octanol–water partition coefficient (Wildman–Crippen LogP) is 2.37. The summed E-state index contributed by atoms with van der Waals surface area (Å²) >= 11 is 0. The van der Waals surface area contributed by atoms with Gasteiger partial charge in [0.2, 0.25) is 0 Å². The third kappa shape index (κ3) is 0.644. The summed E-state index contributed by atoms with van der Waals surface area (Å²) in [5.41, 5.74) is 2.21. The molecule has 0 atom stereocenters. The van der Waals surface area contributed by atoms with Crippen molar-refractivity contribution in [3.63, 3.8) is 0 Å². The average Bonchev–Trinajstić information content (AvgIpc) is 2.71. The summed E-state index contributed by atoms with van der Waals surface area (Å²) in [5.74, 6) is 1.02. The first-order valence-corrected chi connectivity index (χ1v) is 4.07. The van der Waals surface area contributed by atoms with Gasteiger partial charge in [0, 0.05) is 6.42 Å². The van der Waals surface area contributed by atoms with Gasteiger partial charge in [-0.25, -0.2) is 0 Å². The Bertz CT molecular complexity index is 428. The highest BCUT2D eigenvalue weighted by Crippen LogP contribution is 2.34. The Morgan fingerprint density at radius 3 is 3.17 bits per heavy atom. The summed E-state index contributed by atoms with van der Waals surface area (Å²) in [6.45, 7) is 0.805. The number of hydrogen-bond acceptors (Lipinski definition) is 2. The highest BCUT2D eigenvalue weighted by Gasteiger charge is 2.15. The van der Waals surface area contributed by atoms with Crippen molar-refractivity contribution in [1.82, 2.24) is 0 Å². The Hall–Kier alpha value is -1.44. The van der Waals surface area contributed by atoms with E-state index in [0.29, 0.717) is 0 Å². The average molecular weight is 160 g/mol. The second-order valence-electron chi connectivity index (χ2n) is 2.98. The molecule has 0 saturated heterocycles. The topological polar surface area (TPSA) is 22.4 Å². The molecule has 1 aliphatic heterocycles. The van der Waals surface area contributed by atoms with Crippen LogP contribution in [0.5, 0.6) is 5.75 Å². The summed E-state index contributed by atoms with van der Waals surface area (Å²) in [7, 11) is 0. The molecule has 2 aromatic rings. The second kappa shape index (κ2) is 2.03. The Labute approximate surface area is 69.7 Å². The van der Waals surface area contributed by atoms with E-state index in [-0.39, 0.29) is 0 Å². The summed E-state index contributed by atoms with van der Waals surface area (Å²) < 4.78 is 10.8. The normalized spacial score (nSPS) is 14.7. The van der Waals surface area contributed by atoms with E-state index in [2.05, 4.69) is 6.07 Å². The number of ether oxygens (including phenoxy) is 1. The van der Waals surface area contributed by atoms with Crippen LogP contribution in [0.25, 0.3) is 11.0 Å². The molecule has 1 aromatic heterocycles. The summed E-state index contributed by atoms with van der Waals surface area (Å²) in [6, 6.07) is 6.04. The molecule has 0 radical (unpaired) electrons. The summed E-state index contributed by atoms with van der Waals surface area (Å²) in [6.07, 6.45) is 2.73. The molecule has 1 aromatic carbocycles. The monoisotopic (exact) mass is 160 g/mol. The van der Waals surface area contributed by atoms with E-state index in [1.165, 1.54) is 5.56 Å². The Kier molecular flexibility index (Phi) is 1.04. The molecule has 2 heteroatoms. The first-order valence-electron chi connectivity index (χ1n) is 4.07. The number of fused-ring (bicyclic) bond motifs is 3. The van der Waals surface area contributed by atoms with Crippen LogP contribution in [0, 0.1) is 0 Å². The number of furan rings is 1. The van der Waals surface area contributed by atoms with Gasteiger partial charge in [0.25, 0.3) is 0 Å². The maximum absolute atomic E-state index is 5.51. The first kappa shape index (κ1) is 6.12. The van der Waals surface area contributed by atoms with Crippen molar-refractivity contribution in [3.05, 3.63) is 30.0 Å². The van der Waals surface area contributed by atoms with E-state index < -0.39 is 0 Å². The Morgan fingerprint density at radius 1 is 1.17 bits per heavy atom. The highest BCUT2D eigenvalue weighted by molar-refractivity contribution is 5.85. The first-order chi connectivity index (χ1) is 5.95. The lowest BCUT2D eigenvalue weighted by Crippen LogP contribution is -1.86. The van der Waals surface area contributed by atoms with Crippen LogP contribution in [0.4, 0.5) is 0 Å². The van der Waals surface area contributed by atoms with Gasteiger partial charge in [-0.1, -0.05) is 6.07 Å². The number of rotatable bonds is 0. The molecule has 0 fully saturated rings. The van der Waals surface area contributed by atoms with E-state index in [1.54, 1.807) is 6.26 Å². The van der Waals surface area contributed by atoms with Gasteiger partial charge >= 0.3 is 0 Å². The third-order valence-electron chi connectivity index (χ3n) is 2.29. The van der Waals surface area contributed by atoms with Crippen molar-refractivity contribution in [2.75, 3.05) is 6.61 Å². The van der Waals surface area contributed by atoms with Crippen molar-refractivity contribution < 1.29 is 9.15 Å². The highest BCUT2D eigenvalue weighted by atomic mass is 16.5. The van der Waals surface area contributed by atoms with Gasteiger partial charge in [-0.3, -0.25) is 0 Å². The van der Waals surface area contributed by atoms with E-state index in [4.69, 9.17) is 9.15 Å². The zero-order valence-corrected chi connectivity index (χ0v) is 6.54. The molecule has 2 nitrogen and oxygen atoms in total. The van der Waals surface area contributed by atoms with Gasteiger partial charge in [-0.2, -0.15) is 0 Å². The molecule has 0 spiro atoms. The summed E-state index contributed by atoms with van der Waals surface area (Å²) in [4.78, 5) is 0. The van der Waals surface area contributed by atoms with Crippen LogP contribution in [0.3, 0.4) is 0 Å². The van der Waals surface area contributed by atoms with Crippen LogP contribution in [-0.4, -0.2) is 6.61 Å². The summed E-state index contributed by atoms with van der Waals surface area (Å²) in [5, 5.41) is 1.10. The van der Waals surface area contributed by atoms with Crippen molar-refractivity contribution in [2.24, 2.45) is 0 Å². The maximum Gasteiger partial charge on any atom is 0.137 e. The molecule has 1 aliphatic rings. The molecule has 0 aliphatic carbocycles. The van der Waals surface area contributed by atoms with Crippen molar-refractivity contribution in [1.29, 1.82) is 0 Å².